The van der Waals surface area contributed by atoms with Crippen molar-refractivity contribution in [1.29, 1.82) is 5.41 Å². The van der Waals surface area contributed by atoms with E-state index in [1.807, 2.05) is 11.8 Å². The number of benzene rings is 1. The zero-order valence-electron chi connectivity index (χ0n) is 12.0. The lowest BCUT2D eigenvalue weighted by Crippen LogP contribution is -2.38. The summed E-state index contributed by atoms with van der Waals surface area (Å²) in [5.74, 6) is 0.511. The Morgan fingerprint density at radius 3 is 2.81 bits per heavy atom. The van der Waals surface area contributed by atoms with Gasteiger partial charge in [-0.25, -0.2) is 0 Å². The van der Waals surface area contributed by atoms with Gasteiger partial charge in [-0.1, -0.05) is 18.2 Å². The van der Waals surface area contributed by atoms with Crippen LogP contribution in [0.4, 0.5) is 0 Å². The van der Waals surface area contributed by atoms with Crippen LogP contribution in [0, 0.1) is 5.41 Å². The van der Waals surface area contributed by atoms with E-state index in [1.54, 1.807) is 11.5 Å². The Kier molecular flexibility index (Phi) is 5.42. The maximum Gasteiger partial charge on any atom is 0.284 e. The highest BCUT2D eigenvalue weighted by Gasteiger charge is 2.25. The minimum atomic E-state index is 0. The number of hydrogen-bond acceptors (Lipinski definition) is 4. The van der Waals surface area contributed by atoms with Crippen LogP contribution in [0.2, 0.25) is 0 Å². The van der Waals surface area contributed by atoms with Gasteiger partial charge in [0.25, 0.3) is 6.02 Å². The molecule has 1 aromatic carbocycles. The highest BCUT2D eigenvalue weighted by atomic mass is 35.5. The molecule has 1 aliphatic heterocycles. The normalized spacial score (nSPS) is 15.8. The summed E-state index contributed by atoms with van der Waals surface area (Å²) in [5, 5.41) is 9.15. The van der Waals surface area contributed by atoms with Gasteiger partial charge in [0.15, 0.2) is 0 Å². The second-order valence-electron chi connectivity index (χ2n) is 5.06. The van der Waals surface area contributed by atoms with E-state index < -0.39 is 0 Å². The van der Waals surface area contributed by atoms with Crippen LogP contribution in [0.15, 0.2) is 24.3 Å². The summed E-state index contributed by atoms with van der Waals surface area (Å²) in [6.07, 6.45) is 2.09. The lowest BCUT2D eigenvalue weighted by molar-refractivity contribution is 0.210. The van der Waals surface area contributed by atoms with E-state index in [0.29, 0.717) is 18.5 Å². The minimum absolute atomic E-state index is 0. The molecule has 21 heavy (non-hydrogen) atoms. The number of rotatable bonds is 2. The van der Waals surface area contributed by atoms with Crippen molar-refractivity contribution < 1.29 is 4.74 Å². The van der Waals surface area contributed by atoms with E-state index in [-0.39, 0.29) is 12.4 Å². The number of nitrogens with zero attached hydrogens (tertiary/aromatic N) is 2. The molecule has 1 fully saturated rings. The quantitative estimate of drug-likeness (QED) is 0.673. The fraction of sp³-hybridized carbons (Fsp3) is 0.467. The van der Waals surface area contributed by atoms with Crippen molar-refractivity contribution in [3.05, 3.63) is 30.0 Å². The van der Waals surface area contributed by atoms with E-state index >= 15 is 0 Å². The number of piperidine rings is 1. The highest BCUT2D eigenvalue weighted by molar-refractivity contribution is 7.13. The van der Waals surface area contributed by atoms with E-state index in [2.05, 4.69) is 28.6 Å². The molecule has 0 saturated carbocycles. The van der Waals surface area contributed by atoms with Gasteiger partial charge in [-0.3, -0.25) is 5.41 Å². The van der Waals surface area contributed by atoms with Crippen molar-refractivity contribution in [2.45, 2.75) is 25.7 Å². The lowest BCUT2D eigenvalue weighted by atomic mass is 9.92. The van der Waals surface area contributed by atoms with E-state index in [1.165, 1.54) is 15.8 Å². The van der Waals surface area contributed by atoms with Crippen LogP contribution in [-0.2, 0) is 4.74 Å². The van der Waals surface area contributed by atoms with Crippen LogP contribution in [-0.4, -0.2) is 35.0 Å². The molecular formula is C15H20ClN3OS. The summed E-state index contributed by atoms with van der Waals surface area (Å²) in [7, 11) is 0. The van der Waals surface area contributed by atoms with Gasteiger partial charge in [-0.2, -0.15) is 4.37 Å². The third-order valence-corrected chi connectivity index (χ3v) is 4.70. The SMILES string of the molecule is CCOC(=N)N1CCC(c2nsc3ccccc23)CC1.Cl. The molecule has 0 atom stereocenters. The van der Waals surface area contributed by atoms with Crippen LogP contribution in [0.1, 0.15) is 31.4 Å². The third-order valence-electron chi connectivity index (χ3n) is 3.86. The molecule has 0 spiro atoms. The third kappa shape index (κ3) is 3.30. The smallest absolute Gasteiger partial charge is 0.284 e. The second kappa shape index (κ2) is 7.09. The predicted molar refractivity (Wildman–Crippen MR) is 89.8 cm³/mol. The summed E-state index contributed by atoms with van der Waals surface area (Å²) in [6.45, 7) is 4.25. The van der Waals surface area contributed by atoms with E-state index in [9.17, 15) is 0 Å². The average molecular weight is 326 g/mol. The first kappa shape index (κ1) is 16.0. The lowest BCUT2D eigenvalue weighted by Gasteiger charge is -2.32. The van der Waals surface area contributed by atoms with Crippen LogP contribution in [0.3, 0.4) is 0 Å². The van der Waals surface area contributed by atoms with Crippen molar-refractivity contribution in [3.63, 3.8) is 0 Å². The monoisotopic (exact) mass is 325 g/mol. The number of halogens is 1. The Morgan fingerprint density at radius 1 is 1.38 bits per heavy atom. The van der Waals surface area contributed by atoms with Crippen molar-refractivity contribution in [2.24, 2.45) is 0 Å². The highest BCUT2D eigenvalue weighted by Crippen LogP contribution is 2.34. The zero-order chi connectivity index (χ0) is 13.9. The first-order valence-electron chi connectivity index (χ1n) is 7.10. The standard InChI is InChI=1S/C15H19N3OS.ClH/c1-2-19-15(16)18-9-7-11(8-10-18)14-12-5-3-4-6-13(12)20-17-14;/h3-6,11,16H,2,7-10H2,1H3;1H. The van der Waals surface area contributed by atoms with Crippen molar-refractivity contribution in [3.8, 4) is 0 Å². The number of hydrogen-bond donors (Lipinski definition) is 1. The molecule has 1 aromatic heterocycles. The summed E-state index contributed by atoms with van der Waals surface area (Å²) in [6, 6.07) is 8.77. The van der Waals surface area contributed by atoms with Gasteiger partial charge in [-0.05, 0) is 37.4 Å². The Morgan fingerprint density at radius 2 is 2.10 bits per heavy atom. The van der Waals surface area contributed by atoms with Crippen molar-refractivity contribution >= 4 is 40.0 Å². The summed E-state index contributed by atoms with van der Waals surface area (Å²) in [4.78, 5) is 2.02. The molecule has 1 saturated heterocycles. The Balaban J connectivity index is 0.00000161. The zero-order valence-corrected chi connectivity index (χ0v) is 13.7. The molecule has 3 rings (SSSR count). The van der Waals surface area contributed by atoms with Crippen LogP contribution >= 0.6 is 23.9 Å². The van der Waals surface area contributed by atoms with Crippen LogP contribution in [0.5, 0.6) is 0 Å². The van der Waals surface area contributed by atoms with Gasteiger partial charge in [0, 0.05) is 24.4 Å². The molecule has 0 unspecified atom stereocenters. The number of aromatic nitrogens is 1. The first-order valence-corrected chi connectivity index (χ1v) is 7.87. The molecule has 4 nitrogen and oxygen atoms in total. The molecule has 0 bridgehead atoms. The molecular weight excluding hydrogens is 306 g/mol. The minimum Gasteiger partial charge on any atom is -0.466 e. The second-order valence-corrected chi connectivity index (χ2v) is 5.87. The van der Waals surface area contributed by atoms with Gasteiger partial charge in [0.1, 0.15) is 0 Å². The number of amidine groups is 1. The Bertz CT molecular complexity index is 608. The number of nitrogens with one attached hydrogen (secondary N) is 1. The number of likely N-dealkylation sites (tertiary alicyclic amines) is 1. The van der Waals surface area contributed by atoms with Gasteiger partial charge in [0.2, 0.25) is 0 Å². The van der Waals surface area contributed by atoms with Crippen LogP contribution in [0.25, 0.3) is 10.1 Å². The maximum absolute atomic E-state index is 7.84. The molecule has 2 heterocycles. The fourth-order valence-corrected chi connectivity index (χ4v) is 3.64. The summed E-state index contributed by atoms with van der Waals surface area (Å²) in [5.41, 5.74) is 1.24. The summed E-state index contributed by atoms with van der Waals surface area (Å²) >= 11 is 1.59. The number of ether oxygens (including phenoxy) is 1. The molecule has 1 N–H and O–H groups in total. The number of fused-ring (bicyclic) bond motifs is 1. The van der Waals surface area contributed by atoms with Gasteiger partial charge in [0.05, 0.1) is 17.0 Å². The van der Waals surface area contributed by atoms with E-state index in [4.69, 9.17) is 10.1 Å². The van der Waals surface area contributed by atoms with Crippen molar-refractivity contribution in [1.82, 2.24) is 9.27 Å². The molecule has 0 radical (unpaired) electrons. The van der Waals surface area contributed by atoms with Gasteiger partial charge in [-0.15, -0.1) is 12.4 Å². The van der Waals surface area contributed by atoms with E-state index in [0.717, 1.165) is 25.9 Å². The van der Waals surface area contributed by atoms with Crippen molar-refractivity contribution in [2.75, 3.05) is 19.7 Å². The molecule has 0 amide bonds. The van der Waals surface area contributed by atoms with Gasteiger partial charge >= 0.3 is 0 Å². The topological polar surface area (TPSA) is 49.2 Å². The largest absolute Gasteiger partial charge is 0.466 e. The Hall–Kier alpha value is -1.33. The molecule has 0 aliphatic carbocycles. The summed E-state index contributed by atoms with van der Waals surface area (Å²) < 4.78 is 11.2. The Labute approximate surface area is 135 Å². The molecule has 6 heteroatoms. The van der Waals surface area contributed by atoms with Crippen LogP contribution < -0.4 is 0 Å². The van der Waals surface area contributed by atoms with Gasteiger partial charge < -0.3 is 9.64 Å². The fourth-order valence-electron chi connectivity index (χ4n) is 2.78. The predicted octanol–water partition coefficient (Wildman–Crippen LogP) is 3.87. The molecule has 2 aromatic rings. The molecule has 114 valence electrons. The molecule has 1 aliphatic rings. The first-order chi connectivity index (χ1) is 9.79. The maximum atomic E-state index is 7.84. The average Bonchev–Trinajstić information content (AvgIpc) is 2.92.